The van der Waals surface area contributed by atoms with Gasteiger partial charge in [0.15, 0.2) is 0 Å². The molecule has 1 saturated heterocycles. The van der Waals surface area contributed by atoms with Crippen LogP contribution >= 0.6 is 0 Å². The second-order valence-corrected chi connectivity index (χ2v) is 6.59. The number of aromatic nitrogens is 2. The highest BCUT2D eigenvalue weighted by atomic mass is 16.5. The standard InChI is InChI=1S/C15H25N3O3/c1-11-3-5-15(20-2,6-4-11)12-17-13(21-18-12)14(19)7-9-16-10-8-14/h11,16,19H,3-10H2,1-2H3. The van der Waals surface area contributed by atoms with Crippen molar-refractivity contribution in [1.82, 2.24) is 15.5 Å². The topological polar surface area (TPSA) is 80.4 Å². The number of hydrogen-bond acceptors (Lipinski definition) is 6. The molecule has 2 heterocycles. The van der Waals surface area contributed by atoms with Crippen LogP contribution in [0.4, 0.5) is 0 Å². The summed E-state index contributed by atoms with van der Waals surface area (Å²) >= 11 is 0. The van der Waals surface area contributed by atoms with Crippen molar-refractivity contribution < 1.29 is 14.4 Å². The van der Waals surface area contributed by atoms with E-state index in [9.17, 15) is 5.11 Å². The Morgan fingerprint density at radius 1 is 1.24 bits per heavy atom. The zero-order chi connectivity index (χ0) is 14.9. The van der Waals surface area contributed by atoms with Crippen LogP contribution in [0.25, 0.3) is 0 Å². The summed E-state index contributed by atoms with van der Waals surface area (Å²) in [6, 6.07) is 0. The number of hydrogen-bond donors (Lipinski definition) is 2. The summed E-state index contributed by atoms with van der Waals surface area (Å²) in [6.07, 6.45) is 5.22. The summed E-state index contributed by atoms with van der Waals surface area (Å²) in [4.78, 5) is 4.52. The van der Waals surface area contributed by atoms with Gasteiger partial charge in [0.05, 0.1) is 0 Å². The largest absolute Gasteiger partial charge is 0.380 e. The molecule has 1 aromatic rings. The van der Waals surface area contributed by atoms with Crippen LogP contribution in [-0.2, 0) is 15.9 Å². The molecule has 118 valence electrons. The fourth-order valence-corrected chi connectivity index (χ4v) is 3.40. The van der Waals surface area contributed by atoms with Crippen LogP contribution in [0.1, 0.15) is 57.2 Å². The Balaban J connectivity index is 1.83. The molecule has 6 heteroatoms. The van der Waals surface area contributed by atoms with E-state index in [1.807, 2.05) is 0 Å². The molecule has 0 spiro atoms. The van der Waals surface area contributed by atoms with Gasteiger partial charge in [0.25, 0.3) is 5.89 Å². The lowest BCUT2D eigenvalue weighted by molar-refractivity contribution is -0.0609. The van der Waals surface area contributed by atoms with E-state index in [0.717, 1.165) is 38.8 Å². The Morgan fingerprint density at radius 3 is 2.52 bits per heavy atom. The van der Waals surface area contributed by atoms with Crippen molar-refractivity contribution in [2.24, 2.45) is 5.92 Å². The quantitative estimate of drug-likeness (QED) is 0.883. The molecular weight excluding hydrogens is 270 g/mol. The van der Waals surface area contributed by atoms with E-state index in [2.05, 4.69) is 22.4 Å². The second kappa shape index (κ2) is 5.66. The van der Waals surface area contributed by atoms with Gasteiger partial charge in [0.2, 0.25) is 5.82 Å². The third-order valence-electron chi connectivity index (χ3n) is 5.14. The molecule has 3 rings (SSSR count). The normalized spacial score (nSPS) is 33.0. The molecule has 1 saturated carbocycles. The van der Waals surface area contributed by atoms with Crippen LogP contribution < -0.4 is 5.32 Å². The first kappa shape index (κ1) is 14.9. The number of nitrogens with zero attached hydrogens (tertiary/aromatic N) is 2. The van der Waals surface area contributed by atoms with Crippen molar-refractivity contribution in [1.29, 1.82) is 0 Å². The average Bonchev–Trinajstić information content (AvgIpc) is 3.01. The van der Waals surface area contributed by atoms with E-state index in [4.69, 9.17) is 9.26 Å². The molecule has 0 amide bonds. The first-order valence-corrected chi connectivity index (χ1v) is 7.91. The summed E-state index contributed by atoms with van der Waals surface area (Å²) in [5, 5.41) is 18.0. The van der Waals surface area contributed by atoms with Crippen LogP contribution in [0.5, 0.6) is 0 Å². The van der Waals surface area contributed by atoms with Gasteiger partial charge in [0.1, 0.15) is 11.2 Å². The smallest absolute Gasteiger partial charge is 0.258 e. The van der Waals surface area contributed by atoms with E-state index in [1.54, 1.807) is 7.11 Å². The fourth-order valence-electron chi connectivity index (χ4n) is 3.40. The summed E-state index contributed by atoms with van der Waals surface area (Å²) < 4.78 is 11.2. The number of nitrogens with one attached hydrogen (secondary N) is 1. The molecule has 0 radical (unpaired) electrons. The van der Waals surface area contributed by atoms with Gasteiger partial charge in [-0.05, 0) is 57.5 Å². The molecule has 6 nitrogen and oxygen atoms in total. The minimum Gasteiger partial charge on any atom is -0.380 e. The summed E-state index contributed by atoms with van der Waals surface area (Å²) in [6.45, 7) is 3.79. The van der Waals surface area contributed by atoms with E-state index in [0.29, 0.717) is 30.5 Å². The molecule has 1 aliphatic heterocycles. The SMILES string of the molecule is COC1(c2noc(C3(O)CCNCC3)n2)CCC(C)CC1. The highest BCUT2D eigenvalue weighted by Crippen LogP contribution is 2.41. The molecule has 2 aliphatic rings. The van der Waals surface area contributed by atoms with E-state index >= 15 is 0 Å². The molecular formula is C15H25N3O3. The van der Waals surface area contributed by atoms with Crippen LogP contribution in [0.15, 0.2) is 4.52 Å². The second-order valence-electron chi connectivity index (χ2n) is 6.59. The van der Waals surface area contributed by atoms with Crippen molar-refractivity contribution in [3.05, 3.63) is 11.7 Å². The predicted octanol–water partition coefficient (Wildman–Crippen LogP) is 1.69. The van der Waals surface area contributed by atoms with Gasteiger partial charge in [-0.2, -0.15) is 4.98 Å². The van der Waals surface area contributed by atoms with E-state index in [1.165, 1.54) is 0 Å². The molecule has 0 unspecified atom stereocenters. The van der Waals surface area contributed by atoms with Gasteiger partial charge < -0.3 is 19.7 Å². The number of aliphatic hydroxyl groups is 1. The van der Waals surface area contributed by atoms with Crippen molar-refractivity contribution in [2.75, 3.05) is 20.2 Å². The number of ether oxygens (including phenoxy) is 1. The van der Waals surface area contributed by atoms with Crippen LogP contribution in [-0.4, -0.2) is 35.4 Å². The third-order valence-corrected chi connectivity index (χ3v) is 5.14. The summed E-state index contributed by atoms with van der Waals surface area (Å²) in [7, 11) is 1.71. The van der Waals surface area contributed by atoms with Crippen LogP contribution in [0, 0.1) is 5.92 Å². The van der Waals surface area contributed by atoms with Crippen molar-refractivity contribution >= 4 is 0 Å². The first-order chi connectivity index (χ1) is 10.1. The van der Waals surface area contributed by atoms with Gasteiger partial charge in [-0.15, -0.1) is 0 Å². The van der Waals surface area contributed by atoms with Gasteiger partial charge in [-0.1, -0.05) is 12.1 Å². The summed E-state index contributed by atoms with van der Waals surface area (Å²) in [5.74, 6) is 1.65. The lowest BCUT2D eigenvalue weighted by atomic mass is 9.79. The van der Waals surface area contributed by atoms with Crippen LogP contribution in [0.3, 0.4) is 0 Å². The van der Waals surface area contributed by atoms with Crippen molar-refractivity contribution in [2.45, 2.75) is 56.7 Å². The maximum absolute atomic E-state index is 10.7. The van der Waals surface area contributed by atoms with Gasteiger partial charge >= 0.3 is 0 Å². The molecule has 0 aromatic carbocycles. The Kier molecular flexibility index (Phi) is 4.03. The maximum Gasteiger partial charge on any atom is 0.258 e. The monoisotopic (exact) mass is 295 g/mol. The molecule has 21 heavy (non-hydrogen) atoms. The average molecular weight is 295 g/mol. The minimum absolute atomic E-state index is 0.342. The first-order valence-electron chi connectivity index (χ1n) is 7.91. The van der Waals surface area contributed by atoms with E-state index < -0.39 is 11.2 Å². The van der Waals surface area contributed by atoms with Gasteiger partial charge in [-0.3, -0.25) is 0 Å². The zero-order valence-corrected chi connectivity index (χ0v) is 12.9. The fraction of sp³-hybridized carbons (Fsp3) is 0.867. The lowest BCUT2D eigenvalue weighted by Crippen LogP contribution is -2.40. The molecule has 1 aromatic heterocycles. The van der Waals surface area contributed by atoms with Gasteiger partial charge in [-0.25, -0.2) is 0 Å². The Morgan fingerprint density at radius 2 is 1.90 bits per heavy atom. The Hall–Kier alpha value is -0.980. The van der Waals surface area contributed by atoms with E-state index in [-0.39, 0.29) is 0 Å². The number of rotatable bonds is 3. The predicted molar refractivity (Wildman–Crippen MR) is 76.6 cm³/mol. The lowest BCUT2D eigenvalue weighted by Gasteiger charge is -2.35. The minimum atomic E-state index is -0.993. The molecule has 0 atom stereocenters. The van der Waals surface area contributed by atoms with Crippen LogP contribution in [0.2, 0.25) is 0 Å². The molecule has 2 fully saturated rings. The zero-order valence-electron chi connectivity index (χ0n) is 12.9. The number of methoxy groups -OCH3 is 1. The Labute approximate surface area is 125 Å². The maximum atomic E-state index is 10.7. The molecule has 0 bridgehead atoms. The Bertz CT molecular complexity index is 474. The third kappa shape index (κ3) is 2.72. The molecule has 2 N–H and O–H groups in total. The number of piperidine rings is 1. The highest BCUT2D eigenvalue weighted by molar-refractivity contribution is 5.08. The van der Waals surface area contributed by atoms with Gasteiger partial charge in [0, 0.05) is 7.11 Å². The molecule has 1 aliphatic carbocycles. The summed E-state index contributed by atoms with van der Waals surface area (Å²) in [5.41, 5.74) is -1.44. The van der Waals surface area contributed by atoms with Crippen molar-refractivity contribution in [3.63, 3.8) is 0 Å². The van der Waals surface area contributed by atoms with Crippen molar-refractivity contribution in [3.8, 4) is 0 Å². The highest BCUT2D eigenvalue weighted by Gasteiger charge is 2.43.